The second-order valence-electron chi connectivity index (χ2n) is 4.71. The minimum Gasteiger partial charge on any atom is -0.359 e. The number of hydrogen-bond acceptors (Lipinski definition) is 1. The summed E-state index contributed by atoms with van der Waals surface area (Å²) in [5, 5.41) is 8.13. The van der Waals surface area contributed by atoms with Gasteiger partial charge in [-0.25, -0.2) is 0 Å². The Kier molecular flexibility index (Phi) is 5.85. The van der Waals surface area contributed by atoms with Crippen LogP contribution in [-0.2, 0) is 6.54 Å². The zero-order valence-electron chi connectivity index (χ0n) is 11.6. The highest BCUT2D eigenvalue weighted by atomic mass is 35.5. The van der Waals surface area contributed by atoms with Crippen molar-refractivity contribution in [2.45, 2.75) is 19.5 Å². The molecule has 0 saturated heterocycles. The van der Waals surface area contributed by atoms with Gasteiger partial charge >= 0.3 is 0 Å². The Hall–Kier alpha value is -1.29. The number of thiocarbonyl (C=S) groups is 1. The Balaban J connectivity index is 1.88. The third kappa shape index (κ3) is 4.88. The van der Waals surface area contributed by atoms with Crippen LogP contribution in [0.4, 0.5) is 0 Å². The van der Waals surface area contributed by atoms with Gasteiger partial charge in [-0.15, -0.1) is 0 Å². The molecule has 2 aromatic carbocycles. The third-order valence-corrected chi connectivity index (χ3v) is 4.09. The predicted octanol–water partition coefficient (Wildman–Crippen LogP) is 4.72. The SMILES string of the molecule is CC(NC(=S)NCc1ccccc1)c1ccc(Cl)c(Cl)c1. The second kappa shape index (κ2) is 7.64. The number of halogens is 2. The number of benzene rings is 2. The summed E-state index contributed by atoms with van der Waals surface area (Å²) in [5.74, 6) is 0. The van der Waals surface area contributed by atoms with E-state index >= 15 is 0 Å². The smallest absolute Gasteiger partial charge is 0.167 e. The van der Waals surface area contributed by atoms with Crippen LogP contribution in [0, 0.1) is 0 Å². The lowest BCUT2D eigenvalue weighted by molar-refractivity contribution is 0.698. The van der Waals surface area contributed by atoms with Crippen molar-refractivity contribution in [2.75, 3.05) is 0 Å². The highest BCUT2D eigenvalue weighted by molar-refractivity contribution is 7.80. The molecule has 0 radical (unpaired) electrons. The molecule has 2 nitrogen and oxygen atoms in total. The molecule has 1 atom stereocenters. The van der Waals surface area contributed by atoms with Crippen LogP contribution in [0.3, 0.4) is 0 Å². The maximum Gasteiger partial charge on any atom is 0.167 e. The molecule has 5 heteroatoms. The van der Waals surface area contributed by atoms with Crippen molar-refractivity contribution in [3.8, 4) is 0 Å². The first-order chi connectivity index (χ1) is 10.1. The lowest BCUT2D eigenvalue weighted by atomic mass is 10.1. The molecule has 0 aliphatic carbocycles. The molecule has 0 spiro atoms. The molecule has 0 fully saturated rings. The molecular formula is C16H16Cl2N2S. The summed E-state index contributed by atoms with van der Waals surface area (Å²) in [4.78, 5) is 0. The van der Waals surface area contributed by atoms with Gasteiger partial charge in [0.2, 0.25) is 0 Å². The molecule has 2 N–H and O–H groups in total. The van der Waals surface area contributed by atoms with E-state index in [1.165, 1.54) is 5.56 Å². The second-order valence-corrected chi connectivity index (χ2v) is 5.93. The number of hydrogen-bond donors (Lipinski definition) is 2. The van der Waals surface area contributed by atoms with E-state index in [9.17, 15) is 0 Å². The van der Waals surface area contributed by atoms with Gasteiger partial charge in [0, 0.05) is 6.54 Å². The summed E-state index contributed by atoms with van der Waals surface area (Å²) in [5.41, 5.74) is 2.22. The minimum atomic E-state index is 0.0514. The summed E-state index contributed by atoms with van der Waals surface area (Å²) in [7, 11) is 0. The van der Waals surface area contributed by atoms with Crippen molar-refractivity contribution in [2.24, 2.45) is 0 Å². The van der Waals surface area contributed by atoms with Gasteiger partial charge in [0.05, 0.1) is 16.1 Å². The Bertz CT molecular complexity index is 617. The van der Waals surface area contributed by atoms with Gasteiger partial charge in [0.15, 0.2) is 5.11 Å². The molecule has 1 unspecified atom stereocenters. The van der Waals surface area contributed by atoms with Crippen LogP contribution in [0.5, 0.6) is 0 Å². The van der Waals surface area contributed by atoms with Gasteiger partial charge in [-0.1, -0.05) is 59.6 Å². The van der Waals surface area contributed by atoms with Crippen molar-refractivity contribution in [3.63, 3.8) is 0 Å². The zero-order chi connectivity index (χ0) is 15.2. The first-order valence-electron chi connectivity index (χ1n) is 6.59. The third-order valence-electron chi connectivity index (χ3n) is 3.09. The summed E-state index contributed by atoms with van der Waals surface area (Å²) < 4.78 is 0. The van der Waals surface area contributed by atoms with Gasteiger partial charge in [-0.05, 0) is 42.4 Å². The van der Waals surface area contributed by atoms with E-state index in [-0.39, 0.29) is 6.04 Å². The topological polar surface area (TPSA) is 24.1 Å². The summed E-state index contributed by atoms with van der Waals surface area (Å²) in [6.45, 7) is 2.72. The van der Waals surface area contributed by atoms with Crippen molar-refractivity contribution < 1.29 is 0 Å². The molecule has 21 heavy (non-hydrogen) atoms. The molecule has 0 heterocycles. The summed E-state index contributed by atoms with van der Waals surface area (Å²) in [6.07, 6.45) is 0. The molecule has 0 amide bonds. The first-order valence-corrected chi connectivity index (χ1v) is 7.76. The van der Waals surface area contributed by atoms with Crippen LogP contribution in [0.15, 0.2) is 48.5 Å². The maximum absolute atomic E-state index is 6.03. The van der Waals surface area contributed by atoms with Crippen LogP contribution in [-0.4, -0.2) is 5.11 Å². The van der Waals surface area contributed by atoms with E-state index < -0.39 is 0 Å². The number of rotatable bonds is 4. The fourth-order valence-electron chi connectivity index (χ4n) is 1.89. The molecular weight excluding hydrogens is 323 g/mol. The van der Waals surface area contributed by atoms with Crippen LogP contribution in [0.25, 0.3) is 0 Å². The van der Waals surface area contributed by atoms with Gasteiger partial charge in [-0.2, -0.15) is 0 Å². The first kappa shape index (κ1) is 16.1. The predicted molar refractivity (Wildman–Crippen MR) is 93.9 cm³/mol. The highest BCUT2D eigenvalue weighted by Crippen LogP contribution is 2.25. The fraction of sp³-hybridized carbons (Fsp3) is 0.188. The Morgan fingerprint density at radius 1 is 1.10 bits per heavy atom. The van der Waals surface area contributed by atoms with E-state index in [1.54, 1.807) is 6.07 Å². The number of nitrogens with one attached hydrogen (secondary N) is 2. The van der Waals surface area contributed by atoms with Crippen LogP contribution < -0.4 is 10.6 Å². The van der Waals surface area contributed by atoms with Gasteiger partial charge in [0.25, 0.3) is 0 Å². The van der Waals surface area contributed by atoms with E-state index in [0.29, 0.717) is 21.7 Å². The molecule has 0 aromatic heterocycles. The molecule has 2 rings (SSSR count). The Labute approximate surface area is 140 Å². The molecule has 0 saturated carbocycles. The van der Waals surface area contributed by atoms with Gasteiger partial charge in [0.1, 0.15) is 0 Å². The molecule has 2 aromatic rings. The summed E-state index contributed by atoms with van der Waals surface area (Å²) >= 11 is 17.3. The van der Waals surface area contributed by atoms with Crippen LogP contribution in [0.2, 0.25) is 10.0 Å². The molecule has 0 bridgehead atoms. The van der Waals surface area contributed by atoms with E-state index in [0.717, 1.165) is 5.56 Å². The highest BCUT2D eigenvalue weighted by Gasteiger charge is 2.08. The van der Waals surface area contributed by atoms with E-state index in [1.807, 2.05) is 37.3 Å². The van der Waals surface area contributed by atoms with Crippen molar-refractivity contribution in [1.29, 1.82) is 0 Å². The molecule has 0 aliphatic heterocycles. The standard InChI is InChI=1S/C16H16Cl2N2S/c1-11(13-7-8-14(17)15(18)9-13)20-16(21)19-10-12-5-3-2-4-6-12/h2-9,11H,10H2,1H3,(H2,19,20,21). The zero-order valence-corrected chi connectivity index (χ0v) is 13.9. The van der Waals surface area contributed by atoms with Crippen molar-refractivity contribution in [1.82, 2.24) is 10.6 Å². The lowest BCUT2D eigenvalue weighted by Gasteiger charge is -2.18. The maximum atomic E-state index is 6.03. The van der Waals surface area contributed by atoms with Gasteiger partial charge in [-0.3, -0.25) is 0 Å². The van der Waals surface area contributed by atoms with Crippen LogP contribution >= 0.6 is 35.4 Å². The average Bonchev–Trinajstić information content (AvgIpc) is 2.49. The molecule has 0 aliphatic rings. The summed E-state index contributed by atoms with van der Waals surface area (Å²) in [6, 6.07) is 15.7. The lowest BCUT2D eigenvalue weighted by Crippen LogP contribution is -2.36. The fourth-order valence-corrected chi connectivity index (χ4v) is 2.45. The van der Waals surface area contributed by atoms with E-state index in [2.05, 4.69) is 22.8 Å². The van der Waals surface area contributed by atoms with Crippen LogP contribution in [0.1, 0.15) is 24.1 Å². The Morgan fingerprint density at radius 2 is 1.81 bits per heavy atom. The van der Waals surface area contributed by atoms with Crippen molar-refractivity contribution in [3.05, 3.63) is 69.7 Å². The quantitative estimate of drug-likeness (QED) is 0.789. The monoisotopic (exact) mass is 338 g/mol. The van der Waals surface area contributed by atoms with Crippen molar-refractivity contribution >= 4 is 40.5 Å². The largest absolute Gasteiger partial charge is 0.359 e. The minimum absolute atomic E-state index is 0.0514. The van der Waals surface area contributed by atoms with Gasteiger partial charge < -0.3 is 10.6 Å². The van der Waals surface area contributed by atoms with E-state index in [4.69, 9.17) is 35.4 Å². The normalized spacial score (nSPS) is 11.8. The molecule has 110 valence electrons. The average molecular weight is 339 g/mol. The Morgan fingerprint density at radius 3 is 2.48 bits per heavy atom.